The molecule has 1 aliphatic heterocycles. The predicted molar refractivity (Wildman–Crippen MR) is 90.4 cm³/mol. The second-order valence-electron chi connectivity index (χ2n) is 6.30. The molecule has 1 heterocycles. The second kappa shape index (κ2) is 5.57. The highest BCUT2D eigenvalue weighted by atomic mass is 35.5. The van der Waals surface area contributed by atoms with E-state index in [-0.39, 0.29) is 11.7 Å². The van der Waals surface area contributed by atoms with E-state index < -0.39 is 5.54 Å². The first-order valence-corrected chi connectivity index (χ1v) is 8.35. The molecule has 4 rings (SSSR count). The van der Waals surface area contributed by atoms with Crippen molar-refractivity contribution >= 4 is 17.4 Å². The summed E-state index contributed by atoms with van der Waals surface area (Å²) in [7, 11) is 0. The molecule has 2 atom stereocenters. The summed E-state index contributed by atoms with van der Waals surface area (Å²) in [6.45, 7) is 0.550. The number of nitrogens with zero attached hydrogens (tertiary/aromatic N) is 2. The quantitative estimate of drug-likeness (QED) is 0.739. The third-order valence-electron chi connectivity index (χ3n) is 5.00. The minimum absolute atomic E-state index is 0.0279. The lowest BCUT2D eigenvalue weighted by atomic mass is 9.74. The van der Waals surface area contributed by atoms with Crippen molar-refractivity contribution in [3.05, 3.63) is 70.2 Å². The van der Waals surface area contributed by atoms with Crippen molar-refractivity contribution in [1.29, 1.82) is 0 Å². The molecule has 2 aromatic carbocycles. The van der Waals surface area contributed by atoms with Crippen LogP contribution in [-0.2, 0) is 6.42 Å². The highest BCUT2D eigenvalue weighted by molar-refractivity contribution is 6.30. The molecule has 0 N–H and O–H groups in total. The van der Waals surface area contributed by atoms with E-state index in [9.17, 15) is 4.79 Å². The monoisotopic (exact) mass is 324 g/mol. The topological polar surface area (TPSA) is 41.8 Å². The first-order valence-electron chi connectivity index (χ1n) is 7.97. The first kappa shape index (κ1) is 14.6. The Morgan fingerprint density at radius 2 is 2.00 bits per heavy atom. The molecule has 0 saturated heterocycles. The lowest BCUT2D eigenvalue weighted by Crippen LogP contribution is -2.40. The van der Waals surface area contributed by atoms with E-state index in [4.69, 9.17) is 11.6 Å². The molecule has 1 spiro atoms. The number of fused-ring (bicyclic) bond motifs is 1. The van der Waals surface area contributed by atoms with Gasteiger partial charge in [0.25, 0.3) is 0 Å². The summed E-state index contributed by atoms with van der Waals surface area (Å²) in [5, 5.41) is 9.45. The van der Waals surface area contributed by atoms with Crippen molar-refractivity contribution in [2.24, 2.45) is 10.2 Å². The van der Waals surface area contributed by atoms with Crippen molar-refractivity contribution in [2.75, 3.05) is 6.54 Å². The molecule has 23 heavy (non-hydrogen) atoms. The Morgan fingerprint density at radius 3 is 2.87 bits per heavy atom. The molecule has 2 aromatic rings. The van der Waals surface area contributed by atoms with Crippen LogP contribution in [0.3, 0.4) is 0 Å². The normalized spacial score (nSPS) is 26.3. The van der Waals surface area contributed by atoms with E-state index in [0.29, 0.717) is 11.6 Å². The van der Waals surface area contributed by atoms with Gasteiger partial charge in [-0.2, -0.15) is 10.2 Å². The number of hydrogen-bond acceptors (Lipinski definition) is 3. The molecule has 4 heteroatoms. The van der Waals surface area contributed by atoms with E-state index in [1.165, 1.54) is 0 Å². The fourth-order valence-electron chi connectivity index (χ4n) is 3.86. The van der Waals surface area contributed by atoms with Crippen LogP contribution in [0.4, 0.5) is 0 Å². The van der Waals surface area contributed by atoms with Crippen LogP contribution in [0.2, 0.25) is 5.02 Å². The van der Waals surface area contributed by atoms with Gasteiger partial charge >= 0.3 is 0 Å². The number of ketones is 1. The minimum atomic E-state index is -0.767. The van der Waals surface area contributed by atoms with E-state index in [1.807, 2.05) is 48.5 Å². The third kappa shape index (κ3) is 2.31. The Labute approximate surface area is 140 Å². The van der Waals surface area contributed by atoms with Gasteiger partial charge < -0.3 is 0 Å². The maximum Gasteiger partial charge on any atom is 0.193 e. The van der Waals surface area contributed by atoms with Crippen molar-refractivity contribution in [3.63, 3.8) is 0 Å². The number of azo groups is 1. The predicted octanol–water partition coefficient (Wildman–Crippen LogP) is 4.85. The maximum absolute atomic E-state index is 13.3. The van der Waals surface area contributed by atoms with Crippen LogP contribution in [0.1, 0.15) is 40.2 Å². The SMILES string of the molecule is O=C1c2ccccc2CCCC12N=NC[C@H]2c1cccc(Cl)c1. The average molecular weight is 325 g/mol. The van der Waals surface area contributed by atoms with E-state index in [1.54, 1.807) is 0 Å². The van der Waals surface area contributed by atoms with Crippen LogP contribution in [0, 0.1) is 0 Å². The van der Waals surface area contributed by atoms with Gasteiger partial charge in [-0.25, -0.2) is 0 Å². The molecule has 2 aliphatic rings. The summed E-state index contributed by atoms with van der Waals surface area (Å²) in [5.41, 5.74) is 2.21. The van der Waals surface area contributed by atoms with Gasteiger partial charge in [-0.1, -0.05) is 48.0 Å². The molecule has 116 valence electrons. The van der Waals surface area contributed by atoms with Crippen LogP contribution in [0.5, 0.6) is 0 Å². The summed E-state index contributed by atoms with van der Waals surface area (Å²) >= 11 is 6.15. The highest BCUT2D eigenvalue weighted by Crippen LogP contribution is 2.45. The molecule has 0 aromatic heterocycles. The summed E-state index contributed by atoms with van der Waals surface area (Å²) < 4.78 is 0. The smallest absolute Gasteiger partial charge is 0.193 e. The summed E-state index contributed by atoms with van der Waals surface area (Å²) in [4.78, 5) is 13.3. The minimum Gasteiger partial charge on any atom is -0.291 e. The number of aryl methyl sites for hydroxylation is 1. The zero-order valence-corrected chi connectivity index (χ0v) is 13.5. The van der Waals surface area contributed by atoms with Gasteiger partial charge in [0.1, 0.15) is 0 Å². The molecule has 0 amide bonds. The van der Waals surface area contributed by atoms with Gasteiger partial charge in [0.2, 0.25) is 0 Å². The molecule has 0 saturated carbocycles. The average Bonchev–Trinajstić information content (AvgIpc) is 2.93. The Kier molecular flexibility index (Phi) is 3.53. The zero-order valence-electron chi connectivity index (χ0n) is 12.7. The lowest BCUT2D eigenvalue weighted by molar-refractivity contribution is 0.0870. The highest BCUT2D eigenvalue weighted by Gasteiger charge is 2.50. The molecule has 0 fully saturated rings. The summed E-state index contributed by atoms with van der Waals surface area (Å²) in [6, 6.07) is 15.6. The standard InChI is InChI=1S/C19H17ClN2O/c20-15-8-3-6-14(11-15)17-12-21-22-19(17)10-4-7-13-5-1-2-9-16(13)18(19)23/h1-3,5-6,8-9,11,17H,4,7,10,12H2/t17-,19?/m0/s1. The van der Waals surface area contributed by atoms with E-state index in [0.717, 1.165) is 36.0 Å². The number of hydrogen-bond donors (Lipinski definition) is 0. The van der Waals surface area contributed by atoms with E-state index in [2.05, 4.69) is 10.2 Å². The van der Waals surface area contributed by atoms with Crippen LogP contribution in [0.25, 0.3) is 0 Å². The van der Waals surface area contributed by atoms with Crippen LogP contribution in [-0.4, -0.2) is 17.9 Å². The Bertz CT molecular complexity index is 801. The molecule has 3 nitrogen and oxygen atoms in total. The van der Waals surface area contributed by atoms with Crippen molar-refractivity contribution in [1.82, 2.24) is 0 Å². The molecule has 1 unspecified atom stereocenters. The molecular formula is C19H17ClN2O. The van der Waals surface area contributed by atoms with Gasteiger partial charge in [-0.3, -0.25) is 4.79 Å². The summed E-state index contributed by atoms with van der Waals surface area (Å²) in [6.07, 6.45) is 2.60. The zero-order chi connectivity index (χ0) is 15.9. The fourth-order valence-corrected chi connectivity index (χ4v) is 4.06. The van der Waals surface area contributed by atoms with E-state index >= 15 is 0 Å². The number of halogens is 1. The molecular weight excluding hydrogens is 308 g/mol. The number of rotatable bonds is 1. The van der Waals surface area contributed by atoms with Crippen LogP contribution in [0.15, 0.2) is 58.8 Å². The number of carbonyl (C=O) groups excluding carboxylic acids is 1. The largest absolute Gasteiger partial charge is 0.291 e. The number of carbonyl (C=O) groups is 1. The van der Waals surface area contributed by atoms with Gasteiger partial charge in [0, 0.05) is 16.5 Å². The molecule has 0 bridgehead atoms. The second-order valence-corrected chi connectivity index (χ2v) is 6.73. The van der Waals surface area contributed by atoms with Crippen molar-refractivity contribution in [3.8, 4) is 0 Å². The van der Waals surface area contributed by atoms with Crippen molar-refractivity contribution in [2.45, 2.75) is 30.7 Å². The van der Waals surface area contributed by atoms with Gasteiger partial charge in [-0.15, -0.1) is 0 Å². The Balaban J connectivity index is 1.82. The Morgan fingerprint density at radius 1 is 1.13 bits per heavy atom. The van der Waals surface area contributed by atoms with Gasteiger partial charge in [-0.05, 0) is 42.5 Å². The van der Waals surface area contributed by atoms with Gasteiger partial charge in [0.05, 0.1) is 6.54 Å². The summed E-state index contributed by atoms with van der Waals surface area (Å²) in [5.74, 6) is 0.0803. The van der Waals surface area contributed by atoms with Gasteiger partial charge in [0.15, 0.2) is 11.3 Å². The fraction of sp³-hybridized carbons (Fsp3) is 0.316. The maximum atomic E-state index is 13.3. The van der Waals surface area contributed by atoms with Crippen LogP contribution >= 0.6 is 11.6 Å². The third-order valence-corrected chi connectivity index (χ3v) is 5.24. The Hall–Kier alpha value is -2.00. The van der Waals surface area contributed by atoms with Crippen LogP contribution < -0.4 is 0 Å². The number of benzene rings is 2. The molecule has 0 radical (unpaired) electrons. The van der Waals surface area contributed by atoms with Crippen molar-refractivity contribution < 1.29 is 4.79 Å². The number of Topliss-reactive ketones (excluding diaryl/α,β-unsaturated/α-hetero) is 1. The first-order chi connectivity index (χ1) is 11.2. The molecule has 1 aliphatic carbocycles. The lowest BCUT2D eigenvalue weighted by Gasteiger charge is -2.29.